The smallest absolute Gasteiger partial charge is 0.225 e. The molecule has 23 heavy (non-hydrogen) atoms. The lowest BCUT2D eigenvalue weighted by atomic mass is 10.1. The number of carbonyl (C=O) groups excluding carboxylic acids is 1. The minimum Gasteiger partial charge on any atom is -0.352 e. The van der Waals surface area contributed by atoms with E-state index in [-0.39, 0.29) is 11.9 Å². The molecule has 0 aromatic carbocycles. The number of aryl methyl sites for hydroxylation is 1. The van der Waals surface area contributed by atoms with E-state index in [1.165, 1.54) is 0 Å². The van der Waals surface area contributed by atoms with Crippen molar-refractivity contribution in [3.8, 4) is 0 Å². The Bertz CT molecular complexity index is 619. The van der Waals surface area contributed by atoms with Crippen molar-refractivity contribution in [2.24, 2.45) is 0 Å². The van der Waals surface area contributed by atoms with Crippen LogP contribution in [0.15, 0.2) is 43.0 Å². The maximum absolute atomic E-state index is 12.2. The van der Waals surface area contributed by atoms with Crippen LogP contribution in [0.4, 0.5) is 5.95 Å². The topological polar surface area (TPSA) is 71.0 Å². The van der Waals surface area contributed by atoms with Crippen LogP contribution in [0.25, 0.3) is 0 Å². The maximum Gasteiger partial charge on any atom is 0.225 e. The number of nitrogens with zero attached hydrogens (tertiary/aromatic N) is 4. The molecule has 1 amide bonds. The van der Waals surface area contributed by atoms with E-state index in [1.54, 1.807) is 24.8 Å². The van der Waals surface area contributed by atoms with Gasteiger partial charge in [-0.1, -0.05) is 0 Å². The monoisotopic (exact) mass is 311 g/mol. The summed E-state index contributed by atoms with van der Waals surface area (Å²) >= 11 is 0. The first-order chi connectivity index (χ1) is 11.3. The number of piperidine rings is 1. The molecule has 1 fully saturated rings. The Hall–Kier alpha value is -2.50. The number of rotatable bonds is 5. The molecule has 3 heterocycles. The lowest BCUT2D eigenvalue weighted by Crippen LogP contribution is -2.48. The quantitative estimate of drug-likeness (QED) is 0.908. The molecule has 0 radical (unpaired) electrons. The van der Waals surface area contributed by atoms with Gasteiger partial charge in [0.05, 0.1) is 0 Å². The summed E-state index contributed by atoms with van der Waals surface area (Å²) < 4.78 is 0. The number of carbonyl (C=O) groups is 1. The van der Waals surface area contributed by atoms with Gasteiger partial charge in [0.15, 0.2) is 0 Å². The highest BCUT2D eigenvalue weighted by Gasteiger charge is 2.22. The third-order valence-electron chi connectivity index (χ3n) is 4.01. The van der Waals surface area contributed by atoms with Crippen LogP contribution in [0.3, 0.4) is 0 Å². The Morgan fingerprint density at radius 1 is 1.22 bits per heavy atom. The van der Waals surface area contributed by atoms with Gasteiger partial charge in [0.1, 0.15) is 0 Å². The van der Waals surface area contributed by atoms with Crippen molar-refractivity contribution in [1.29, 1.82) is 0 Å². The van der Waals surface area contributed by atoms with Gasteiger partial charge in [-0.25, -0.2) is 9.97 Å². The molecule has 1 saturated heterocycles. The average molecular weight is 311 g/mol. The lowest BCUT2D eigenvalue weighted by Gasteiger charge is -2.33. The van der Waals surface area contributed by atoms with Crippen molar-refractivity contribution in [1.82, 2.24) is 20.3 Å². The molecule has 1 N–H and O–H groups in total. The lowest BCUT2D eigenvalue weighted by molar-refractivity contribution is -0.121. The second-order valence-electron chi connectivity index (χ2n) is 5.76. The van der Waals surface area contributed by atoms with Crippen LogP contribution in [0.5, 0.6) is 0 Å². The van der Waals surface area contributed by atoms with E-state index in [1.807, 2.05) is 18.2 Å². The van der Waals surface area contributed by atoms with Crippen molar-refractivity contribution < 1.29 is 4.79 Å². The maximum atomic E-state index is 12.2. The second-order valence-corrected chi connectivity index (χ2v) is 5.76. The highest BCUT2D eigenvalue weighted by molar-refractivity contribution is 5.76. The zero-order valence-corrected chi connectivity index (χ0v) is 13.1. The van der Waals surface area contributed by atoms with E-state index in [0.29, 0.717) is 6.42 Å². The van der Waals surface area contributed by atoms with Gasteiger partial charge in [0.25, 0.3) is 0 Å². The number of hydrogen-bond acceptors (Lipinski definition) is 5. The predicted molar refractivity (Wildman–Crippen MR) is 88.0 cm³/mol. The molecule has 120 valence electrons. The number of amides is 1. The van der Waals surface area contributed by atoms with Gasteiger partial charge >= 0.3 is 0 Å². The van der Waals surface area contributed by atoms with Gasteiger partial charge in [0, 0.05) is 50.3 Å². The van der Waals surface area contributed by atoms with Gasteiger partial charge in [-0.15, -0.1) is 0 Å². The Labute approximate surface area is 136 Å². The molecule has 0 aliphatic carbocycles. The first kappa shape index (κ1) is 15.4. The van der Waals surface area contributed by atoms with Crippen molar-refractivity contribution in [3.05, 3.63) is 48.5 Å². The normalized spacial score (nSPS) is 17.7. The fourth-order valence-electron chi connectivity index (χ4n) is 2.84. The molecular weight excluding hydrogens is 290 g/mol. The van der Waals surface area contributed by atoms with Crippen LogP contribution >= 0.6 is 0 Å². The highest BCUT2D eigenvalue weighted by Crippen LogP contribution is 2.15. The number of aromatic nitrogens is 3. The Balaban J connectivity index is 1.48. The van der Waals surface area contributed by atoms with Crippen molar-refractivity contribution in [2.75, 3.05) is 18.0 Å². The second kappa shape index (κ2) is 7.67. The summed E-state index contributed by atoms with van der Waals surface area (Å²) in [5.74, 6) is 0.839. The van der Waals surface area contributed by atoms with E-state index in [4.69, 9.17) is 0 Å². The van der Waals surface area contributed by atoms with Gasteiger partial charge in [-0.05, 0) is 43.0 Å². The number of pyridine rings is 1. The SMILES string of the molecule is O=C(CCc1ccncc1)NC1CCCN(c2ncccn2)C1. The first-order valence-electron chi connectivity index (χ1n) is 8.01. The molecule has 0 bridgehead atoms. The third kappa shape index (κ3) is 4.48. The zero-order chi connectivity index (χ0) is 15.9. The van der Waals surface area contributed by atoms with E-state index >= 15 is 0 Å². The van der Waals surface area contributed by atoms with Crippen LogP contribution in [0.2, 0.25) is 0 Å². The van der Waals surface area contributed by atoms with Crippen LogP contribution in [0.1, 0.15) is 24.8 Å². The van der Waals surface area contributed by atoms with Crippen LogP contribution in [0, 0.1) is 0 Å². The molecule has 2 aromatic heterocycles. The predicted octanol–water partition coefficient (Wildman–Crippen LogP) is 1.59. The summed E-state index contributed by atoms with van der Waals surface area (Å²) in [6.07, 6.45) is 10.3. The fraction of sp³-hybridized carbons (Fsp3) is 0.412. The van der Waals surface area contributed by atoms with Crippen molar-refractivity contribution in [2.45, 2.75) is 31.7 Å². The minimum absolute atomic E-state index is 0.0997. The fourth-order valence-corrected chi connectivity index (χ4v) is 2.84. The Kier molecular flexibility index (Phi) is 5.13. The number of hydrogen-bond donors (Lipinski definition) is 1. The largest absolute Gasteiger partial charge is 0.352 e. The molecule has 3 rings (SSSR count). The first-order valence-corrected chi connectivity index (χ1v) is 8.01. The Morgan fingerprint density at radius 2 is 2.00 bits per heavy atom. The molecule has 0 spiro atoms. The summed E-state index contributed by atoms with van der Waals surface area (Å²) in [5, 5.41) is 3.14. The van der Waals surface area contributed by atoms with E-state index < -0.39 is 0 Å². The molecule has 1 unspecified atom stereocenters. The summed E-state index contributed by atoms with van der Waals surface area (Å²) in [4.78, 5) is 26.8. The van der Waals surface area contributed by atoms with Gasteiger partial charge in [0.2, 0.25) is 11.9 Å². The van der Waals surface area contributed by atoms with Crippen LogP contribution in [-0.2, 0) is 11.2 Å². The summed E-state index contributed by atoms with van der Waals surface area (Å²) in [5.41, 5.74) is 1.14. The molecule has 6 heteroatoms. The number of anilines is 1. The van der Waals surface area contributed by atoms with Crippen molar-refractivity contribution in [3.63, 3.8) is 0 Å². The molecule has 1 aliphatic rings. The van der Waals surface area contributed by atoms with Crippen LogP contribution in [-0.4, -0.2) is 40.0 Å². The molecule has 1 aliphatic heterocycles. The summed E-state index contributed by atoms with van der Waals surface area (Å²) in [6, 6.07) is 5.87. The van der Waals surface area contributed by atoms with E-state index in [0.717, 1.165) is 43.9 Å². The van der Waals surface area contributed by atoms with Gasteiger partial charge in [-0.2, -0.15) is 0 Å². The molecule has 1 atom stereocenters. The Morgan fingerprint density at radius 3 is 2.78 bits per heavy atom. The number of nitrogens with one attached hydrogen (secondary N) is 1. The molecule has 2 aromatic rings. The average Bonchev–Trinajstić information content (AvgIpc) is 2.62. The molecular formula is C17H21N5O. The van der Waals surface area contributed by atoms with Crippen LogP contribution < -0.4 is 10.2 Å². The zero-order valence-electron chi connectivity index (χ0n) is 13.1. The standard InChI is InChI=1S/C17H21N5O/c23-16(5-4-14-6-10-18-11-7-14)21-15-3-1-12-22(13-15)17-19-8-2-9-20-17/h2,6-11,15H,1,3-5,12-13H2,(H,21,23). The van der Waals surface area contributed by atoms with Gasteiger partial charge in [-0.3, -0.25) is 9.78 Å². The molecule has 6 nitrogen and oxygen atoms in total. The van der Waals surface area contributed by atoms with Crippen molar-refractivity contribution >= 4 is 11.9 Å². The van der Waals surface area contributed by atoms with Gasteiger partial charge < -0.3 is 10.2 Å². The molecule has 0 saturated carbocycles. The minimum atomic E-state index is 0.0997. The third-order valence-corrected chi connectivity index (χ3v) is 4.01. The van der Waals surface area contributed by atoms with E-state index in [9.17, 15) is 4.79 Å². The van der Waals surface area contributed by atoms with E-state index in [2.05, 4.69) is 25.2 Å². The summed E-state index contributed by atoms with van der Waals surface area (Å²) in [7, 11) is 0. The highest BCUT2D eigenvalue weighted by atomic mass is 16.1. The summed E-state index contributed by atoms with van der Waals surface area (Å²) in [6.45, 7) is 1.71.